The summed E-state index contributed by atoms with van der Waals surface area (Å²) in [6.07, 6.45) is 4.57. The van der Waals surface area contributed by atoms with Crippen molar-refractivity contribution >= 4 is 46.7 Å². The van der Waals surface area contributed by atoms with Gasteiger partial charge in [0.1, 0.15) is 11.4 Å². The van der Waals surface area contributed by atoms with Crippen molar-refractivity contribution in [1.82, 2.24) is 10.2 Å². The molecule has 5 rings (SSSR count). The Labute approximate surface area is 238 Å². The topological polar surface area (TPSA) is 99.1 Å². The Hall–Kier alpha value is -2.90. The molecular weight excluding hydrogens is 537 g/mol. The Morgan fingerprint density at radius 2 is 1.69 bits per heavy atom. The summed E-state index contributed by atoms with van der Waals surface area (Å²) in [7, 11) is 0. The van der Waals surface area contributed by atoms with Gasteiger partial charge in [-0.2, -0.15) is 0 Å². The third-order valence-corrected chi connectivity index (χ3v) is 8.40. The van der Waals surface area contributed by atoms with Crippen LogP contribution < -0.4 is 5.32 Å². The van der Waals surface area contributed by atoms with E-state index < -0.39 is 11.6 Å². The summed E-state index contributed by atoms with van der Waals surface area (Å²) < 4.78 is 0. The molecule has 1 spiro atoms. The van der Waals surface area contributed by atoms with E-state index in [0.717, 1.165) is 37.7 Å². The number of aliphatic imine (C=N–C) groups is 1. The molecule has 0 aromatic heterocycles. The summed E-state index contributed by atoms with van der Waals surface area (Å²) >= 11 is 12.6. The first kappa shape index (κ1) is 27.7. The van der Waals surface area contributed by atoms with E-state index in [0.29, 0.717) is 44.6 Å². The van der Waals surface area contributed by atoms with Crippen molar-refractivity contribution in [3.05, 3.63) is 69.2 Å². The van der Waals surface area contributed by atoms with E-state index in [2.05, 4.69) is 19.2 Å². The quantitative estimate of drug-likeness (QED) is 0.399. The summed E-state index contributed by atoms with van der Waals surface area (Å²) in [6.45, 7) is 4.52. The fraction of sp³-hybridized carbons (Fsp3) is 0.467. The lowest BCUT2D eigenvalue weighted by atomic mass is 9.75. The van der Waals surface area contributed by atoms with Crippen molar-refractivity contribution in [3.8, 4) is 0 Å². The maximum Gasteiger partial charge on any atom is 0.305 e. The normalized spacial score (nSPS) is 25.5. The van der Waals surface area contributed by atoms with Gasteiger partial charge in [0.05, 0.1) is 12.5 Å². The van der Waals surface area contributed by atoms with Crippen LogP contribution in [0.1, 0.15) is 79.9 Å². The van der Waals surface area contributed by atoms with Crippen LogP contribution in [0, 0.1) is 17.8 Å². The predicted molar refractivity (Wildman–Crippen MR) is 151 cm³/mol. The standard InChI is InChI=1S/C30H33Cl2N3O4/c1-17-11-18(2)16-30(15-17)34-26(22-12-23(31)14-24(32)13-22)29(39)35(30)27(19-3-4-19)20-5-7-21(8-6-20)28(38)33-10-9-25(36)37/h5-8,12-14,17-19,27H,3-4,9-11,15-16H2,1-2H3,(H,33,38)(H,36,37). The lowest BCUT2D eigenvalue weighted by Crippen LogP contribution is -2.53. The molecule has 3 aliphatic rings. The second kappa shape index (κ2) is 10.9. The minimum atomic E-state index is -0.963. The average molecular weight is 571 g/mol. The first-order valence-corrected chi connectivity index (χ1v) is 14.3. The smallest absolute Gasteiger partial charge is 0.305 e. The SMILES string of the molecule is CC1CC(C)CC2(C1)N=C(c1cc(Cl)cc(Cl)c1)C(=O)N2C(c1ccc(C(=O)NCCC(=O)O)cc1)C1CC1. The van der Waals surface area contributed by atoms with Gasteiger partial charge in [0.15, 0.2) is 0 Å². The van der Waals surface area contributed by atoms with Gasteiger partial charge in [-0.05, 0) is 85.8 Å². The molecule has 3 atom stereocenters. The highest BCUT2D eigenvalue weighted by Crippen LogP contribution is 2.53. The Kier molecular flexibility index (Phi) is 7.75. The van der Waals surface area contributed by atoms with Crippen LogP contribution >= 0.6 is 23.2 Å². The molecule has 39 heavy (non-hydrogen) atoms. The zero-order valence-corrected chi connectivity index (χ0v) is 23.6. The molecule has 2 saturated carbocycles. The number of halogens is 2. The molecule has 9 heteroatoms. The number of benzene rings is 2. The number of hydrogen-bond donors (Lipinski definition) is 2. The van der Waals surface area contributed by atoms with Crippen molar-refractivity contribution in [1.29, 1.82) is 0 Å². The van der Waals surface area contributed by atoms with Crippen molar-refractivity contribution in [2.45, 2.75) is 64.1 Å². The van der Waals surface area contributed by atoms with Crippen molar-refractivity contribution < 1.29 is 19.5 Å². The van der Waals surface area contributed by atoms with Crippen LogP contribution in [0.2, 0.25) is 10.0 Å². The van der Waals surface area contributed by atoms with Crippen LogP contribution in [-0.4, -0.2) is 45.7 Å². The highest BCUT2D eigenvalue weighted by molar-refractivity contribution is 6.47. The maximum absolute atomic E-state index is 14.3. The van der Waals surface area contributed by atoms with E-state index in [-0.39, 0.29) is 30.8 Å². The second-order valence-corrected chi connectivity index (χ2v) is 12.3. The maximum atomic E-state index is 14.3. The Morgan fingerprint density at radius 3 is 2.26 bits per heavy atom. The van der Waals surface area contributed by atoms with E-state index in [1.165, 1.54) is 0 Å². The molecule has 2 N–H and O–H groups in total. The molecule has 2 fully saturated rings. The molecule has 2 amide bonds. The number of carboxylic acids is 1. The highest BCUT2D eigenvalue weighted by atomic mass is 35.5. The number of nitrogens with one attached hydrogen (secondary N) is 1. The summed E-state index contributed by atoms with van der Waals surface area (Å²) in [6, 6.07) is 12.3. The third-order valence-electron chi connectivity index (χ3n) is 7.97. The van der Waals surface area contributed by atoms with Crippen LogP contribution in [0.15, 0.2) is 47.5 Å². The van der Waals surface area contributed by atoms with Gasteiger partial charge in [0, 0.05) is 27.7 Å². The van der Waals surface area contributed by atoms with E-state index in [9.17, 15) is 14.4 Å². The molecule has 2 aliphatic carbocycles. The summed E-state index contributed by atoms with van der Waals surface area (Å²) in [5.41, 5.74) is 1.80. The average Bonchev–Trinajstić information content (AvgIpc) is 3.65. The van der Waals surface area contributed by atoms with Crippen LogP contribution in [0.4, 0.5) is 0 Å². The van der Waals surface area contributed by atoms with Crippen LogP contribution in [0.5, 0.6) is 0 Å². The Morgan fingerprint density at radius 1 is 1.08 bits per heavy atom. The molecule has 0 saturated heterocycles. The molecule has 0 bridgehead atoms. The molecule has 1 aliphatic heterocycles. The summed E-state index contributed by atoms with van der Waals surface area (Å²) in [4.78, 5) is 44.8. The number of nitrogens with zero attached hydrogens (tertiary/aromatic N) is 2. The fourth-order valence-electron chi connectivity index (χ4n) is 6.48. The Balaban J connectivity index is 1.50. The molecule has 3 unspecified atom stereocenters. The minimum absolute atomic E-state index is 0.0649. The molecule has 2 aromatic rings. The van der Waals surface area contributed by atoms with Gasteiger partial charge in [-0.1, -0.05) is 49.2 Å². The highest BCUT2D eigenvalue weighted by Gasteiger charge is 2.55. The molecule has 1 heterocycles. The van der Waals surface area contributed by atoms with Crippen molar-refractivity contribution in [2.75, 3.05) is 6.54 Å². The van der Waals surface area contributed by atoms with Gasteiger partial charge >= 0.3 is 5.97 Å². The summed E-state index contributed by atoms with van der Waals surface area (Å²) in [5.74, 6) is -0.264. The van der Waals surface area contributed by atoms with Gasteiger partial charge in [-0.15, -0.1) is 0 Å². The molecule has 206 valence electrons. The molecular formula is C30H33Cl2N3O4. The van der Waals surface area contributed by atoms with Crippen LogP contribution in [0.3, 0.4) is 0 Å². The fourth-order valence-corrected chi connectivity index (χ4v) is 7.00. The monoisotopic (exact) mass is 569 g/mol. The zero-order valence-electron chi connectivity index (χ0n) is 22.1. The van der Waals surface area contributed by atoms with Crippen LogP contribution in [0.25, 0.3) is 0 Å². The predicted octanol–water partition coefficient (Wildman–Crippen LogP) is 6.13. The van der Waals surface area contributed by atoms with Gasteiger partial charge < -0.3 is 15.3 Å². The van der Waals surface area contributed by atoms with Crippen molar-refractivity contribution in [2.24, 2.45) is 22.7 Å². The van der Waals surface area contributed by atoms with E-state index >= 15 is 0 Å². The third kappa shape index (κ3) is 5.85. The van der Waals surface area contributed by atoms with Crippen molar-refractivity contribution in [3.63, 3.8) is 0 Å². The Bertz CT molecular complexity index is 1290. The summed E-state index contributed by atoms with van der Waals surface area (Å²) in [5, 5.41) is 12.4. The van der Waals surface area contributed by atoms with Gasteiger partial charge in [-0.3, -0.25) is 19.4 Å². The van der Waals surface area contributed by atoms with Crippen LogP contribution in [-0.2, 0) is 9.59 Å². The van der Waals surface area contributed by atoms with Gasteiger partial charge in [-0.25, -0.2) is 0 Å². The lowest BCUT2D eigenvalue weighted by molar-refractivity contribution is -0.137. The number of carbonyl (C=O) groups is 3. The molecule has 7 nitrogen and oxygen atoms in total. The first-order chi connectivity index (χ1) is 18.6. The minimum Gasteiger partial charge on any atom is -0.481 e. The zero-order chi connectivity index (χ0) is 27.9. The number of carboxylic acid groups (broad SMARTS) is 1. The van der Waals surface area contributed by atoms with E-state index in [4.69, 9.17) is 33.3 Å². The second-order valence-electron chi connectivity index (χ2n) is 11.4. The molecule has 0 radical (unpaired) electrons. The lowest BCUT2D eigenvalue weighted by Gasteiger charge is -2.47. The molecule has 2 aromatic carbocycles. The number of rotatable bonds is 8. The largest absolute Gasteiger partial charge is 0.481 e. The first-order valence-electron chi connectivity index (χ1n) is 13.6. The number of carbonyl (C=O) groups excluding carboxylic acids is 2. The van der Waals surface area contributed by atoms with E-state index in [1.807, 2.05) is 17.0 Å². The van der Waals surface area contributed by atoms with E-state index in [1.54, 1.807) is 30.3 Å². The van der Waals surface area contributed by atoms with Gasteiger partial charge in [0.25, 0.3) is 11.8 Å². The number of amides is 2. The number of aliphatic carboxylic acids is 1. The van der Waals surface area contributed by atoms with Gasteiger partial charge in [0.2, 0.25) is 0 Å². The number of hydrogen-bond acceptors (Lipinski definition) is 4.